The summed E-state index contributed by atoms with van der Waals surface area (Å²) in [7, 11) is -3.84. The predicted octanol–water partition coefficient (Wildman–Crippen LogP) is 3.54. The quantitative estimate of drug-likeness (QED) is 0.666. The lowest BCUT2D eigenvalue weighted by Gasteiger charge is -2.21. The fraction of sp³-hybridized carbons (Fsp3) is 0.471. The number of nitrogens with one attached hydrogen (secondary N) is 2. The molecule has 2 rings (SSSR count). The van der Waals surface area contributed by atoms with Gasteiger partial charge in [-0.3, -0.25) is 10.1 Å². The Hall–Kier alpha value is -1.36. The van der Waals surface area contributed by atoms with Crippen LogP contribution in [0.3, 0.4) is 0 Å². The van der Waals surface area contributed by atoms with Gasteiger partial charge < -0.3 is 0 Å². The summed E-state index contributed by atoms with van der Waals surface area (Å²) in [5, 5.41) is 11.9. The van der Waals surface area contributed by atoms with Crippen LogP contribution < -0.4 is 10.0 Å². The molecule has 0 unspecified atom stereocenters. The van der Waals surface area contributed by atoms with Crippen molar-refractivity contribution < 1.29 is 13.2 Å². The number of carbonyl (C=O) groups is 1. The van der Waals surface area contributed by atoms with Gasteiger partial charge in [0.25, 0.3) is 0 Å². The average Bonchev–Trinajstić information content (AvgIpc) is 3.01. The second-order valence-corrected chi connectivity index (χ2v) is 11.1. The number of hydrogen-bond acceptors (Lipinski definition) is 6. The minimum absolute atomic E-state index is 0.0927. The largest absolute Gasteiger partial charge is 0.299 e. The molecule has 0 aliphatic heterocycles. The van der Waals surface area contributed by atoms with Gasteiger partial charge in [0.15, 0.2) is 0 Å². The molecule has 0 aliphatic carbocycles. The van der Waals surface area contributed by atoms with Crippen molar-refractivity contribution in [1.82, 2.24) is 14.9 Å². The first-order chi connectivity index (χ1) is 12.4. The summed E-state index contributed by atoms with van der Waals surface area (Å²) in [5.74, 6) is -0.729. The molecular formula is C17H23BrN4O3S2. The molecule has 0 bridgehead atoms. The van der Waals surface area contributed by atoms with Crippen molar-refractivity contribution in [2.24, 2.45) is 5.92 Å². The highest BCUT2D eigenvalue weighted by molar-refractivity contribution is 9.10. The van der Waals surface area contributed by atoms with Gasteiger partial charge in [0, 0.05) is 9.89 Å². The van der Waals surface area contributed by atoms with Crippen LogP contribution in [0.4, 0.5) is 5.13 Å². The monoisotopic (exact) mass is 474 g/mol. The maximum absolute atomic E-state index is 12.7. The standard InChI is InChI=1S/C17H23BrN4O3S2/c1-10(2)13(22-27(24,25)12-8-6-11(18)7-9-12)14(23)19-16-21-20-15(26-16)17(3,4)5/h6-10,13,22H,1-5H3,(H,19,21,23)/t13-/m0/s1. The molecule has 0 saturated heterocycles. The van der Waals surface area contributed by atoms with Gasteiger partial charge >= 0.3 is 0 Å². The minimum Gasteiger partial charge on any atom is -0.299 e. The van der Waals surface area contributed by atoms with Gasteiger partial charge in [-0.2, -0.15) is 4.72 Å². The van der Waals surface area contributed by atoms with Crippen molar-refractivity contribution in [2.75, 3.05) is 5.32 Å². The molecule has 1 atom stereocenters. The Bertz CT molecular complexity index is 903. The molecule has 7 nitrogen and oxygen atoms in total. The minimum atomic E-state index is -3.84. The van der Waals surface area contributed by atoms with Crippen LogP contribution in [0, 0.1) is 5.92 Å². The molecule has 0 radical (unpaired) electrons. The summed E-state index contributed by atoms with van der Waals surface area (Å²) < 4.78 is 28.5. The lowest BCUT2D eigenvalue weighted by molar-refractivity contribution is -0.118. The Morgan fingerprint density at radius 3 is 2.22 bits per heavy atom. The topological polar surface area (TPSA) is 101 Å². The third-order valence-electron chi connectivity index (χ3n) is 3.65. The maximum Gasteiger partial charge on any atom is 0.244 e. The molecule has 2 N–H and O–H groups in total. The molecular weight excluding hydrogens is 452 g/mol. The SMILES string of the molecule is CC(C)[C@H](NS(=O)(=O)c1ccc(Br)cc1)C(=O)Nc1nnc(C(C)(C)C)s1. The predicted molar refractivity (Wildman–Crippen MR) is 110 cm³/mol. The lowest BCUT2D eigenvalue weighted by atomic mass is 9.98. The molecule has 1 amide bonds. The van der Waals surface area contributed by atoms with E-state index in [4.69, 9.17) is 0 Å². The van der Waals surface area contributed by atoms with Crippen molar-refractivity contribution in [3.05, 3.63) is 33.7 Å². The molecule has 2 aromatic rings. The van der Waals surface area contributed by atoms with Crippen LogP contribution in [-0.4, -0.2) is 30.6 Å². The van der Waals surface area contributed by atoms with Gasteiger partial charge in [0.05, 0.1) is 4.90 Å². The summed E-state index contributed by atoms with van der Waals surface area (Å²) in [5.41, 5.74) is -0.179. The summed E-state index contributed by atoms with van der Waals surface area (Å²) in [6.07, 6.45) is 0. The molecule has 10 heteroatoms. The van der Waals surface area contributed by atoms with Gasteiger partial charge in [0.1, 0.15) is 11.0 Å². The number of sulfonamides is 1. The highest BCUT2D eigenvalue weighted by Crippen LogP contribution is 2.28. The number of aromatic nitrogens is 2. The van der Waals surface area contributed by atoms with Crippen molar-refractivity contribution in [1.29, 1.82) is 0 Å². The van der Waals surface area contributed by atoms with E-state index in [1.54, 1.807) is 26.0 Å². The fourth-order valence-corrected chi connectivity index (χ4v) is 4.51. The highest BCUT2D eigenvalue weighted by Gasteiger charge is 2.29. The first kappa shape index (κ1) is 21.9. The van der Waals surface area contributed by atoms with Gasteiger partial charge in [-0.25, -0.2) is 8.42 Å². The van der Waals surface area contributed by atoms with E-state index in [1.807, 2.05) is 20.8 Å². The third kappa shape index (κ3) is 5.81. The number of halogens is 1. The van der Waals surface area contributed by atoms with Crippen LogP contribution in [0.25, 0.3) is 0 Å². The Morgan fingerprint density at radius 2 is 1.74 bits per heavy atom. The lowest BCUT2D eigenvalue weighted by Crippen LogP contribution is -2.47. The van der Waals surface area contributed by atoms with E-state index in [2.05, 4.69) is 36.2 Å². The Labute approximate surface area is 172 Å². The van der Waals surface area contributed by atoms with Gasteiger partial charge in [-0.1, -0.05) is 61.9 Å². The summed E-state index contributed by atoms with van der Waals surface area (Å²) in [6.45, 7) is 9.55. The molecule has 0 saturated carbocycles. The number of nitrogens with zero attached hydrogens (tertiary/aromatic N) is 2. The van der Waals surface area contributed by atoms with Crippen molar-refractivity contribution in [3.8, 4) is 0 Å². The summed E-state index contributed by atoms with van der Waals surface area (Å²) in [6, 6.07) is 5.27. The Kier molecular flexibility index (Phi) is 6.77. The molecule has 27 heavy (non-hydrogen) atoms. The van der Waals surface area contributed by atoms with Crippen LogP contribution in [0.5, 0.6) is 0 Å². The smallest absolute Gasteiger partial charge is 0.244 e. The van der Waals surface area contributed by atoms with E-state index in [-0.39, 0.29) is 16.2 Å². The van der Waals surface area contributed by atoms with E-state index in [0.717, 1.165) is 9.48 Å². The zero-order valence-electron chi connectivity index (χ0n) is 15.8. The fourth-order valence-electron chi connectivity index (χ4n) is 2.10. The van der Waals surface area contributed by atoms with E-state index < -0.39 is 22.0 Å². The normalized spacial score (nSPS) is 13.6. The number of anilines is 1. The van der Waals surface area contributed by atoms with Crippen LogP contribution in [0.15, 0.2) is 33.6 Å². The molecule has 0 spiro atoms. The summed E-state index contributed by atoms with van der Waals surface area (Å²) >= 11 is 4.55. The van der Waals surface area contributed by atoms with Crippen LogP contribution in [0.1, 0.15) is 39.6 Å². The van der Waals surface area contributed by atoms with E-state index in [0.29, 0.717) is 5.13 Å². The second kappa shape index (κ2) is 8.34. The molecule has 1 aromatic heterocycles. The van der Waals surface area contributed by atoms with Crippen LogP contribution in [0.2, 0.25) is 0 Å². The summed E-state index contributed by atoms with van der Waals surface area (Å²) in [4.78, 5) is 12.8. The van der Waals surface area contributed by atoms with Crippen molar-refractivity contribution in [3.63, 3.8) is 0 Å². The highest BCUT2D eigenvalue weighted by atomic mass is 79.9. The van der Waals surface area contributed by atoms with Crippen LogP contribution in [-0.2, 0) is 20.2 Å². The molecule has 1 aromatic carbocycles. The average molecular weight is 475 g/mol. The zero-order chi connectivity index (χ0) is 20.4. The molecule has 148 valence electrons. The number of carbonyl (C=O) groups excluding carboxylic acids is 1. The molecule has 0 fully saturated rings. The van der Waals surface area contributed by atoms with Gasteiger partial charge in [-0.05, 0) is 30.2 Å². The second-order valence-electron chi connectivity index (χ2n) is 7.45. The number of rotatable bonds is 6. The number of hydrogen-bond donors (Lipinski definition) is 2. The van der Waals surface area contributed by atoms with Crippen LogP contribution >= 0.6 is 27.3 Å². The number of amides is 1. The van der Waals surface area contributed by atoms with Gasteiger partial charge in [-0.15, -0.1) is 10.2 Å². The first-order valence-corrected chi connectivity index (χ1v) is 11.4. The first-order valence-electron chi connectivity index (χ1n) is 8.33. The van der Waals surface area contributed by atoms with Crippen molar-refractivity contribution >= 4 is 48.3 Å². The van der Waals surface area contributed by atoms with Gasteiger partial charge in [0.2, 0.25) is 21.1 Å². The van der Waals surface area contributed by atoms with Crippen molar-refractivity contribution in [2.45, 2.75) is 51.0 Å². The number of benzene rings is 1. The molecule has 0 aliphatic rings. The Morgan fingerprint density at radius 1 is 1.15 bits per heavy atom. The zero-order valence-corrected chi connectivity index (χ0v) is 19.0. The maximum atomic E-state index is 12.7. The Balaban J connectivity index is 2.17. The van der Waals surface area contributed by atoms with E-state index >= 15 is 0 Å². The molecule has 1 heterocycles. The van der Waals surface area contributed by atoms with E-state index in [1.165, 1.54) is 23.5 Å². The third-order valence-corrected chi connectivity index (χ3v) is 6.90. The van der Waals surface area contributed by atoms with E-state index in [9.17, 15) is 13.2 Å².